The molecule has 3 rings (SSSR count). The predicted molar refractivity (Wildman–Crippen MR) is 91.0 cm³/mol. The molecule has 0 aliphatic carbocycles. The Labute approximate surface area is 141 Å². The highest BCUT2D eigenvalue weighted by Crippen LogP contribution is 2.23. The van der Waals surface area contributed by atoms with Gasteiger partial charge in [0.25, 0.3) is 0 Å². The van der Waals surface area contributed by atoms with Crippen LogP contribution in [0.4, 0.5) is 5.69 Å². The monoisotopic (exact) mass is 345 g/mol. The number of nitrogens with one attached hydrogen (secondary N) is 1. The third kappa shape index (κ3) is 3.47. The van der Waals surface area contributed by atoms with Gasteiger partial charge in [-0.1, -0.05) is 6.07 Å². The fourth-order valence-corrected chi connectivity index (χ4v) is 3.96. The van der Waals surface area contributed by atoms with Crippen molar-refractivity contribution < 1.29 is 13.2 Å². The van der Waals surface area contributed by atoms with Gasteiger partial charge in [0.05, 0.1) is 4.90 Å². The number of hydrogen-bond donors (Lipinski definition) is 1. The smallest absolute Gasteiger partial charge is 0.241 e. The number of rotatable bonds is 5. The van der Waals surface area contributed by atoms with E-state index in [-0.39, 0.29) is 16.8 Å². The normalized spacial score (nSPS) is 16.4. The van der Waals surface area contributed by atoms with Gasteiger partial charge in [0.2, 0.25) is 15.9 Å². The van der Waals surface area contributed by atoms with Crippen LogP contribution in [-0.4, -0.2) is 25.9 Å². The minimum atomic E-state index is -3.64. The van der Waals surface area contributed by atoms with Gasteiger partial charge in [-0.3, -0.25) is 9.78 Å². The highest BCUT2D eigenvalue weighted by Gasteiger charge is 2.23. The van der Waals surface area contributed by atoms with Crippen LogP contribution in [0.2, 0.25) is 0 Å². The van der Waals surface area contributed by atoms with Gasteiger partial charge in [0.15, 0.2) is 0 Å². The van der Waals surface area contributed by atoms with Gasteiger partial charge in [0, 0.05) is 37.1 Å². The Morgan fingerprint density at radius 2 is 1.96 bits per heavy atom. The van der Waals surface area contributed by atoms with Crippen LogP contribution >= 0.6 is 0 Å². The lowest BCUT2D eigenvalue weighted by molar-refractivity contribution is -0.117. The molecule has 1 aromatic heterocycles. The number of nitrogens with zero attached hydrogens (tertiary/aromatic N) is 2. The molecule has 2 heterocycles. The second kappa shape index (κ2) is 6.70. The van der Waals surface area contributed by atoms with Gasteiger partial charge in [-0.05, 0) is 49.2 Å². The van der Waals surface area contributed by atoms with E-state index in [0.29, 0.717) is 13.0 Å². The molecule has 0 spiro atoms. The number of anilines is 1. The van der Waals surface area contributed by atoms with Crippen LogP contribution in [0.1, 0.15) is 31.4 Å². The number of benzene rings is 1. The summed E-state index contributed by atoms with van der Waals surface area (Å²) >= 11 is 0. The Morgan fingerprint density at radius 1 is 1.21 bits per heavy atom. The third-order valence-electron chi connectivity index (χ3n) is 4.05. The zero-order chi connectivity index (χ0) is 17.2. The number of sulfonamides is 1. The largest absolute Gasteiger partial charge is 0.312 e. The topological polar surface area (TPSA) is 79.4 Å². The van der Waals surface area contributed by atoms with Crippen molar-refractivity contribution in [2.75, 3.05) is 11.4 Å². The summed E-state index contributed by atoms with van der Waals surface area (Å²) in [6, 6.07) is 9.60. The highest BCUT2D eigenvalue weighted by atomic mass is 32.2. The molecule has 24 heavy (non-hydrogen) atoms. The van der Waals surface area contributed by atoms with Gasteiger partial charge in [-0.25, -0.2) is 13.1 Å². The van der Waals surface area contributed by atoms with E-state index >= 15 is 0 Å². The number of aromatic nitrogens is 1. The lowest BCUT2D eigenvalue weighted by atomic mass is 10.2. The van der Waals surface area contributed by atoms with Crippen molar-refractivity contribution in [3.63, 3.8) is 0 Å². The second-order valence-electron chi connectivity index (χ2n) is 5.77. The summed E-state index contributed by atoms with van der Waals surface area (Å²) in [5.74, 6) is 0.0777. The molecule has 6 nitrogen and oxygen atoms in total. The van der Waals surface area contributed by atoms with Gasteiger partial charge < -0.3 is 4.90 Å². The third-order valence-corrected chi connectivity index (χ3v) is 5.61. The summed E-state index contributed by atoms with van der Waals surface area (Å²) in [6.45, 7) is 2.45. The van der Waals surface area contributed by atoms with Crippen molar-refractivity contribution in [3.8, 4) is 0 Å². The Bertz CT molecular complexity index is 820. The first-order valence-corrected chi connectivity index (χ1v) is 9.28. The molecule has 0 radical (unpaired) electrons. The zero-order valence-electron chi connectivity index (χ0n) is 13.3. The summed E-state index contributed by atoms with van der Waals surface area (Å²) < 4.78 is 27.6. The molecule has 2 aromatic rings. The number of carbonyl (C=O) groups is 1. The maximum absolute atomic E-state index is 12.5. The van der Waals surface area contributed by atoms with Crippen molar-refractivity contribution in [2.24, 2.45) is 0 Å². The summed E-state index contributed by atoms with van der Waals surface area (Å²) in [7, 11) is -3.64. The van der Waals surface area contributed by atoms with E-state index in [4.69, 9.17) is 0 Å². The van der Waals surface area contributed by atoms with Crippen molar-refractivity contribution >= 4 is 21.6 Å². The molecule has 1 fully saturated rings. The molecule has 1 aliphatic rings. The lowest BCUT2D eigenvalue weighted by Gasteiger charge is -2.17. The molecule has 1 N–H and O–H groups in total. The van der Waals surface area contributed by atoms with E-state index in [9.17, 15) is 13.2 Å². The van der Waals surface area contributed by atoms with E-state index in [1.165, 1.54) is 12.1 Å². The molecule has 1 unspecified atom stereocenters. The Kier molecular flexibility index (Phi) is 4.64. The number of pyridine rings is 1. The molecule has 7 heteroatoms. The maximum Gasteiger partial charge on any atom is 0.241 e. The lowest BCUT2D eigenvalue weighted by Crippen LogP contribution is -2.27. The zero-order valence-corrected chi connectivity index (χ0v) is 14.2. The minimum Gasteiger partial charge on any atom is -0.312 e. The number of carbonyl (C=O) groups excluding carboxylic acids is 1. The number of hydrogen-bond acceptors (Lipinski definition) is 4. The van der Waals surface area contributed by atoms with Crippen LogP contribution < -0.4 is 9.62 Å². The average Bonchev–Trinajstić information content (AvgIpc) is 3.01. The SMILES string of the molecule is CC(NS(=O)(=O)c1ccc(N2CCCC2=O)cc1)c1cccnc1. The molecule has 1 aliphatic heterocycles. The van der Waals surface area contributed by atoms with Crippen LogP contribution in [0.3, 0.4) is 0 Å². The second-order valence-corrected chi connectivity index (χ2v) is 7.49. The fraction of sp³-hybridized carbons (Fsp3) is 0.294. The molecule has 126 valence electrons. The summed E-state index contributed by atoms with van der Waals surface area (Å²) in [6.07, 6.45) is 4.66. The van der Waals surface area contributed by atoms with Gasteiger partial charge in [0.1, 0.15) is 0 Å². The first kappa shape index (κ1) is 16.6. The molecule has 1 saturated heterocycles. The van der Waals surface area contributed by atoms with Gasteiger partial charge >= 0.3 is 0 Å². The average molecular weight is 345 g/mol. The van der Waals surface area contributed by atoms with Crippen LogP contribution in [-0.2, 0) is 14.8 Å². The van der Waals surface area contributed by atoms with Crippen molar-refractivity contribution in [2.45, 2.75) is 30.7 Å². The molecule has 1 aromatic carbocycles. The van der Waals surface area contributed by atoms with Crippen molar-refractivity contribution in [3.05, 3.63) is 54.4 Å². The van der Waals surface area contributed by atoms with Crippen LogP contribution in [0, 0.1) is 0 Å². The van der Waals surface area contributed by atoms with Crippen LogP contribution in [0.25, 0.3) is 0 Å². The molecule has 0 bridgehead atoms. The summed E-state index contributed by atoms with van der Waals surface area (Å²) in [5.41, 5.74) is 1.53. The fourth-order valence-electron chi connectivity index (χ4n) is 2.73. The van der Waals surface area contributed by atoms with Crippen LogP contribution in [0.5, 0.6) is 0 Å². The molecule has 1 atom stereocenters. The molecule has 1 amide bonds. The van der Waals surface area contributed by atoms with Crippen molar-refractivity contribution in [1.82, 2.24) is 9.71 Å². The van der Waals surface area contributed by atoms with E-state index in [1.54, 1.807) is 42.4 Å². The Balaban J connectivity index is 1.76. The van der Waals surface area contributed by atoms with E-state index in [0.717, 1.165) is 17.7 Å². The van der Waals surface area contributed by atoms with Crippen molar-refractivity contribution in [1.29, 1.82) is 0 Å². The molecular weight excluding hydrogens is 326 g/mol. The standard InChI is InChI=1S/C17H19N3O3S/c1-13(14-4-2-10-18-12-14)19-24(22,23)16-8-6-15(7-9-16)20-11-3-5-17(20)21/h2,4,6-10,12-13,19H,3,5,11H2,1H3. The predicted octanol–water partition coefficient (Wildman–Crippen LogP) is 2.25. The van der Waals surface area contributed by atoms with E-state index < -0.39 is 10.0 Å². The first-order chi connectivity index (χ1) is 11.5. The number of amides is 1. The van der Waals surface area contributed by atoms with Crippen LogP contribution in [0.15, 0.2) is 53.7 Å². The van der Waals surface area contributed by atoms with E-state index in [2.05, 4.69) is 9.71 Å². The first-order valence-electron chi connectivity index (χ1n) is 7.80. The highest BCUT2D eigenvalue weighted by molar-refractivity contribution is 7.89. The van der Waals surface area contributed by atoms with E-state index in [1.807, 2.05) is 6.07 Å². The summed E-state index contributed by atoms with van der Waals surface area (Å²) in [4.78, 5) is 17.6. The minimum absolute atomic E-state index is 0.0777. The quantitative estimate of drug-likeness (QED) is 0.901. The summed E-state index contributed by atoms with van der Waals surface area (Å²) in [5, 5.41) is 0. The maximum atomic E-state index is 12.5. The van der Waals surface area contributed by atoms with Gasteiger partial charge in [-0.15, -0.1) is 0 Å². The van der Waals surface area contributed by atoms with Gasteiger partial charge in [-0.2, -0.15) is 0 Å². The Hall–Kier alpha value is -2.25. The Morgan fingerprint density at radius 3 is 2.54 bits per heavy atom. The molecular formula is C17H19N3O3S. The molecule has 0 saturated carbocycles.